The van der Waals surface area contributed by atoms with Gasteiger partial charge in [-0.15, -0.1) is 0 Å². The van der Waals surface area contributed by atoms with Crippen LogP contribution in [0.1, 0.15) is 19.3 Å². The van der Waals surface area contributed by atoms with Crippen LogP contribution in [0.25, 0.3) is 0 Å². The second kappa shape index (κ2) is 8.20. The maximum Gasteiger partial charge on any atom is 0.226 e. The van der Waals surface area contributed by atoms with E-state index in [4.69, 9.17) is 39.5 Å². The molecule has 1 aromatic rings. The SMILES string of the molecule is O=C(CCOC1CCNCC1)Nc1cc(Cl)c(Cl)cc1Cl. The Morgan fingerprint density at radius 2 is 1.86 bits per heavy atom. The van der Waals surface area contributed by atoms with Crippen LogP contribution in [0.15, 0.2) is 12.1 Å². The summed E-state index contributed by atoms with van der Waals surface area (Å²) in [6.45, 7) is 2.33. The van der Waals surface area contributed by atoms with Gasteiger partial charge in [-0.2, -0.15) is 0 Å². The summed E-state index contributed by atoms with van der Waals surface area (Å²) >= 11 is 17.7. The summed E-state index contributed by atoms with van der Waals surface area (Å²) in [7, 11) is 0. The first-order valence-corrected chi connectivity index (χ1v) is 7.96. The first kappa shape index (κ1) is 16.8. The molecule has 21 heavy (non-hydrogen) atoms. The van der Waals surface area contributed by atoms with Gasteiger partial charge < -0.3 is 15.4 Å². The molecule has 1 saturated heterocycles. The Labute approximate surface area is 139 Å². The fourth-order valence-electron chi connectivity index (χ4n) is 2.11. The van der Waals surface area contributed by atoms with Crippen molar-refractivity contribution in [1.29, 1.82) is 0 Å². The Balaban J connectivity index is 1.77. The largest absolute Gasteiger partial charge is 0.378 e. The Hall–Kier alpha value is -0.520. The molecule has 0 bridgehead atoms. The van der Waals surface area contributed by atoms with Crippen LogP contribution >= 0.6 is 34.8 Å². The van der Waals surface area contributed by atoms with Gasteiger partial charge in [-0.1, -0.05) is 34.8 Å². The topological polar surface area (TPSA) is 50.4 Å². The molecule has 0 radical (unpaired) electrons. The number of hydrogen-bond acceptors (Lipinski definition) is 3. The van der Waals surface area contributed by atoms with Crippen LogP contribution < -0.4 is 10.6 Å². The van der Waals surface area contributed by atoms with Crippen molar-refractivity contribution in [2.75, 3.05) is 25.0 Å². The molecule has 0 aliphatic carbocycles. The zero-order valence-corrected chi connectivity index (χ0v) is 13.7. The predicted molar refractivity (Wildman–Crippen MR) is 86.6 cm³/mol. The summed E-state index contributed by atoms with van der Waals surface area (Å²) in [5.74, 6) is -0.163. The molecule has 4 nitrogen and oxygen atoms in total. The zero-order chi connectivity index (χ0) is 15.2. The summed E-state index contributed by atoms with van der Waals surface area (Å²) in [4.78, 5) is 11.9. The minimum Gasteiger partial charge on any atom is -0.378 e. The van der Waals surface area contributed by atoms with E-state index in [9.17, 15) is 4.79 Å². The van der Waals surface area contributed by atoms with E-state index in [-0.39, 0.29) is 18.4 Å². The Bertz CT molecular complexity index is 505. The quantitative estimate of drug-likeness (QED) is 0.795. The monoisotopic (exact) mass is 350 g/mol. The first-order valence-electron chi connectivity index (χ1n) is 6.83. The molecule has 1 aliphatic rings. The van der Waals surface area contributed by atoms with Gasteiger partial charge in [0.15, 0.2) is 0 Å². The van der Waals surface area contributed by atoms with E-state index >= 15 is 0 Å². The van der Waals surface area contributed by atoms with E-state index in [0.29, 0.717) is 27.4 Å². The number of halogens is 3. The van der Waals surface area contributed by atoms with Crippen LogP contribution in [0.3, 0.4) is 0 Å². The Morgan fingerprint density at radius 3 is 2.57 bits per heavy atom. The number of hydrogen-bond donors (Lipinski definition) is 2. The van der Waals surface area contributed by atoms with E-state index in [0.717, 1.165) is 25.9 Å². The summed E-state index contributed by atoms with van der Waals surface area (Å²) in [6, 6.07) is 3.05. The second-order valence-corrected chi connectivity index (χ2v) is 6.09. The molecule has 1 amide bonds. The molecule has 116 valence electrons. The van der Waals surface area contributed by atoms with Gasteiger partial charge in [-0.05, 0) is 38.1 Å². The fourth-order valence-corrected chi connectivity index (χ4v) is 2.71. The number of ether oxygens (including phenoxy) is 1. The molecule has 0 aromatic heterocycles. The minimum atomic E-state index is -0.163. The maximum absolute atomic E-state index is 11.9. The number of rotatable bonds is 5. The van der Waals surface area contributed by atoms with Crippen molar-refractivity contribution in [2.24, 2.45) is 0 Å². The van der Waals surface area contributed by atoms with Crippen molar-refractivity contribution >= 4 is 46.4 Å². The molecule has 0 saturated carbocycles. The van der Waals surface area contributed by atoms with E-state index in [1.807, 2.05) is 0 Å². The van der Waals surface area contributed by atoms with Crippen LogP contribution in [0.2, 0.25) is 15.1 Å². The first-order chi connectivity index (χ1) is 10.1. The number of carbonyl (C=O) groups excluding carboxylic acids is 1. The van der Waals surface area contributed by atoms with Crippen LogP contribution in [0, 0.1) is 0 Å². The van der Waals surface area contributed by atoms with Crippen molar-refractivity contribution in [1.82, 2.24) is 5.32 Å². The standard InChI is InChI=1S/C14H17Cl3N2O2/c15-10-7-12(17)13(8-11(10)16)19-14(20)3-6-21-9-1-4-18-5-2-9/h7-9,18H,1-6H2,(H,19,20). The van der Waals surface area contributed by atoms with Gasteiger partial charge in [-0.3, -0.25) is 4.79 Å². The molecule has 1 heterocycles. The van der Waals surface area contributed by atoms with Gasteiger partial charge in [0, 0.05) is 0 Å². The van der Waals surface area contributed by atoms with Crippen molar-refractivity contribution in [3.63, 3.8) is 0 Å². The second-order valence-electron chi connectivity index (χ2n) is 4.86. The number of nitrogens with one attached hydrogen (secondary N) is 2. The third kappa shape index (κ3) is 5.31. The van der Waals surface area contributed by atoms with Gasteiger partial charge in [0.1, 0.15) is 0 Å². The molecule has 2 rings (SSSR count). The number of carbonyl (C=O) groups is 1. The highest BCUT2D eigenvalue weighted by Crippen LogP contribution is 2.32. The molecule has 1 aliphatic heterocycles. The predicted octanol–water partition coefficient (Wildman–Crippen LogP) is 3.74. The smallest absolute Gasteiger partial charge is 0.226 e. The molecular weight excluding hydrogens is 335 g/mol. The van der Waals surface area contributed by atoms with Crippen molar-refractivity contribution in [3.8, 4) is 0 Å². The van der Waals surface area contributed by atoms with E-state index in [1.165, 1.54) is 12.1 Å². The molecule has 0 spiro atoms. The highest BCUT2D eigenvalue weighted by molar-refractivity contribution is 6.44. The lowest BCUT2D eigenvalue weighted by Crippen LogP contribution is -2.33. The third-order valence-electron chi connectivity index (χ3n) is 3.25. The number of piperidine rings is 1. The molecular formula is C14H17Cl3N2O2. The minimum absolute atomic E-state index is 0.163. The molecule has 0 unspecified atom stereocenters. The summed E-state index contributed by atoms with van der Waals surface area (Å²) < 4.78 is 5.68. The van der Waals surface area contributed by atoms with Crippen molar-refractivity contribution in [2.45, 2.75) is 25.4 Å². The average Bonchev–Trinajstić information content (AvgIpc) is 2.46. The van der Waals surface area contributed by atoms with Crippen LogP contribution in [0.4, 0.5) is 5.69 Å². The third-order valence-corrected chi connectivity index (χ3v) is 4.29. The van der Waals surface area contributed by atoms with Gasteiger partial charge in [0.25, 0.3) is 0 Å². The van der Waals surface area contributed by atoms with Crippen LogP contribution in [-0.4, -0.2) is 31.7 Å². The summed E-state index contributed by atoms with van der Waals surface area (Å²) in [6.07, 6.45) is 2.49. The van der Waals surface area contributed by atoms with Gasteiger partial charge >= 0.3 is 0 Å². The fraction of sp³-hybridized carbons (Fsp3) is 0.500. The van der Waals surface area contributed by atoms with Crippen molar-refractivity contribution < 1.29 is 9.53 Å². The van der Waals surface area contributed by atoms with Crippen molar-refractivity contribution in [3.05, 3.63) is 27.2 Å². The van der Waals surface area contributed by atoms with Gasteiger partial charge in [-0.25, -0.2) is 0 Å². The average molecular weight is 352 g/mol. The van der Waals surface area contributed by atoms with E-state index in [2.05, 4.69) is 10.6 Å². The number of benzene rings is 1. The lowest BCUT2D eigenvalue weighted by atomic mass is 10.1. The molecule has 0 atom stereocenters. The van der Waals surface area contributed by atoms with Crippen LogP contribution in [-0.2, 0) is 9.53 Å². The lowest BCUT2D eigenvalue weighted by molar-refractivity contribution is -0.117. The highest BCUT2D eigenvalue weighted by atomic mass is 35.5. The Kier molecular flexibility index (Phi) is 6.58. The summed E-state index contributed by atoms with van der Waals surface area (Å²) in [5, 5.41) is 7.04. The Morgan fingerprint density at radius 1 is 1.19 bits per heavy atom. The highest BCUT2D eigenvalue weighted by Gasteiger charge is 2.14. The normalized spacial score (nSPS) is 16.0. The van der Waals surface area contributed by atoms with Crippen LogP contribution in [0.5, 0.6) is 0 Å². The number of anilines is 1. The molecule has 7 heteroatoms. The molecule has 2 N–H and O–H groups in total. The van der Waals surface area contributed by atoms with E-state index in [1.54, 1.807) is 0 Å². The number of amides is 1. The summed E-state index contributed by atoms with van der Waals surface area (Å²) in [5.41, 5.74) is 0.456. The molecule has 1 aromatic carbocycles. The van der Waals surface area contributed by atoms with Gasteiger partial charge in [0.05, 0.1) is 39.9 Å². The lowest BCUT2D eigenvalue weighted by Gasteiger charge is -2.22. The zero-order valence-electron chi connectivity index (χ0n) is 11.4. The molecule has 1 fully saturated rings. The maximum atomic E-state index is 11.9. The van der Waals surface area contributed by atoms with Gasteiger partial charge in [0.2, 0.25) is 5.91 Å². The van der Waals surface area contributed by atoms with E-state index < -0.39 is 0 Å².